The number of fused-ring (bicyclic) bond motifs is 1. The molecule has 2 aromatic carbocycles. The molecule has 0 bridgehead atoms. The number of rotatable bonds is 8. The van der Waals surface area contributed by atoms with Gasteiger partial charge in [-0.25, -0.2) is 9.97 Å². The number of methoxy groups -OCH3 is 1. The third-order valence-corrected chi connectivity index (χ3v) is 6.19. The predicted molar refractivity (Wildman–Crippen MR) is 146 cm³/mol. The fourth-order valence-electron chi connectivity index (χ4n) is 4.30. The Morgan fingerprint density at radius 2 is 2.00 bits per heavy atom. The maximum absolute atomic E-state index is 12.3. The van der Waals surface area contributed by atoms with Gasteiger partial charge in [-0.1, -0.05) is 5.92 Å². The molecule has 0 aliphatic carbocycles. The van der Waals surface area contributed by atoms with Crippen LogP contribution in [0.3, 0.4) is 0 Å². The molecule has 1 amide bonds. The van der Waals surface area contributed by atoms with Crippen molar-refractivity contribution >= 4 is 28.4 Å². The van der Waals surface area contributed by atoms with Crippen molar-refractivity contribution in [2.45, 2.75) is 6.10 Å². The van der Waals surface area contributed by atoms with Crippen molar-refractivity contribution in [3.05, 3.63) is 54.5 Å². The predicted octanol–water partition coefficient (Wildman–Crippen LogP) is 2.92. The number of likely N-dealkylation sites (tertiary alicyclic amines) is 1. The van der Waals surface area contributed by atoms with E-state index in [-0.39, 0.29) is 12.0 Å². The number of aryl methyl sites for hydroxylation is 1. The highest BCUT2D eigenvalue weighted by molar-refractivity contribution is 5.87. The van der Waals surface area contributed by atoms with Gasteiger partial charge in [0.15, 0.2) is 0 Å². The molecule has 0 unspecified atom stereocenters. The summed E-state index contributed by atoms with van der Waals surface area (Å²) in [5, 5.41) is 8.38. The van der Waals surface area contributed by atoms with Gasteiger partial charge in [-0.3, -0.25) is 9.48 Å². The first-order chi connectivity index (χ1) is 18.3. The van der Waals surface area contributed by atoms with E-state index in [2.05, 4.69) is 26.3 Å². The smallest absolute Gasteiger partial charge is 0.236 e. The van der Waals surface area contributed by atoms with E-state index in [1.807, 2.05) is 56.5 Å². The molecule has 1 N–H and O–H groups in total. The van der Waals surface area contributed by atoms with Crippen LogP contribution in [-0.2, 0) is 11.8 Å². The summed E-state index contributed by atoms with van der Waals surface area (Å²) < 4.78 is 13.5. The summed E-state index contributed by atoms with van der Waals surface area (Å²) in [6.45, 7) is 1.50. The number of anilines is 2. The van der Waals surface area contributed by atoms with Crippen LogP contribution in [0, 0.1) is 12.3 Å². The van der Waals surface area contributed by atoms with E-state index in [9.17, 15) is 4.79 Å². The minimum Gasteiger partial charge on any atom is -0.494 e. The largest absolute Gasteiger partial charge is 0.494 e. The fraction of sp³-hybridized carbons (Fsp3) is 0.286. The molecule has 194 valence electrons. The highest BCUT2D eigenvalue weighted by Gasteiger charge is 2.32. The summed E-state index contributed by atoms with van der Waals surface area (Å²) in [7, 11) is 7.22. The van der Waals surface area contributed by atoms with Gasteiger partial charge in [-0.15, -0.1) is 6.42 Å². The Balaban J connectivity index is 1.41. The molecule has 1 saturated heterocycles. The van der Waals surface area contributed by atoms with Gasteiger partial charge in [-0.05, 0) is 43.9 Å². The summed E-state index contributed by atoms with van der Waals surface area (Å²) >= 11 is 0. The van der Waals surface area contributed by atoms with Crippen LogP contribution < -0.4 is 14.8 Å². The molecule has 0 atom stereocenters. The minimum absolute atomic E-state index is 0.0790. The molecule has 3 heterocycles. The molecule has 38 heavy (non-hydrogen) atoms. The molecule has 2 aromatic heterocycles. The number of benzene rings is 2. The van der Waals surface area contributed by atoms with Crippen LogP contribution in [0.4, 0.5) is 11.6 Å². The average molecular weight is 512 g/mol. The topological polar surface area (TPSA) is 97.6 Å². The number of hydrogen-bond acceptors (Lipinski definition) is 8. The van der Waals surface area contributed by atoms with Gasteiger partial charge in [0.2, 0.25) is 11.9 Å². The minimum atomic E-state index is -0.0790. The SMILES string of the molecule is C#Cc1cc(OC)c2nc(Nc3cc(OC4CN(C(=O)CN(C)C)C4)cc(-c4cnn(C)c4)c3)ncc2c1. The summed E-state index contributed by atoms with van der Waals surface area (Å²) in [4.78, 5) is 25.1. The molecular weight excluding hydrogens is 482 g/mol. The molecule has 1 aliphatic rings. The number of ether oxygens (including phenoxy) is 2. The van der Waals surface area contributed by atoms with E-state index >= 15 is 0 Å². The van der Waals surface area contributed by atoms with Gasteiger partial charge in [0.1, 0.15) is 23.1 Å². The van der Waals surface area contributed by atoms with Crippen molar-refractivity contribution in [3.63, 3.8) is 0 Å². The number of nitrogens with zero attached hydrogens (tertiary/aromatic N) is 6. The van der Waals surface area contributed by atoms with Crippen molar-refractivity contribution < 1.29 is 14.3 Å². The van der Waals surface area contributed by atoms with Crippen molar-refractivity contribution in [2.75, 3.05) is 46.2 Å². The quantitative estimate of drug-likeness (QED) is 0.361. The molecular formula is C28H29N7O3. The molecule has 1 aliphatic heterocycles. The van der Waals surface area contributed by atoms with Gasteiger partial charge < -0.3 is 24.6 Å². The number of hydrogen-bond donors (Lipinski definition) is 1. The molecule has 0 radical (unpaired) electrons. The Morgan fingerprint density at radius 1 is 1.18 bits per heavy atom. The molecule has 5 rings (SSSR count). The number of terminal acetylenes is 1. The second-order valence-electron chi connectivity index (χ2n) is 9.50. The highest BCUT2D eigenvalue weighted by Crippen LogP contribution is 2.32. The van der Waals surface area contributed by atoms with Gasteiger partial charge in [-0.2, -0.15) is 5.10 Å². The van der Waals surface area contributed by atoms with E-state index < -0.39 is 0 Å². The standard InChI is InChI=1S/C28H29N7O3/c1-6-18-7-20-12-29-28(32-27(20)25(8-18)37-5)31-22-9-19(21-13-30-34(4)14-21)10-23(11-22)38-24-15-35(16-24)26(36)17-33(2)3/h1,7-14,24H,15-17H2,2-5H3,(H,29,31,32). The van der Waals surface area contributed by atoms with Crippen LogP contribution in [0.1, 0.15) is 5.56 Å². The maximum Gasteiger partial charge on any atom is 0.236 e. The van der Waals surface area contributed by atoms with E-state index in [1.54, 1.807) is 35.2 Å². The lowest BCUT2D eigenvalue weighted by Crippen LogP contribution is -2.57. The first kappa shape index (κ1) is 25.0. The summed E-state index contributed by atoms with van der Waals surface area (Å²) in [5.74, 6) is 4.38. The van der Waals surface area contributed by atoms with Crippen LogP contribution in [-0.4, -0.2) is 82.4 Å². The van der Waals surface area contributed by atoms with Crippen LogP contribution in [0.15, 0.2) is 48.9 Å². The zero-order chi connectivity index (χ0) is 26.8. The van der Waals surface area contributed by atoms with Gasteiger partial charge in [0.05, 0.1) is 32.9 Å². The van der Waals surface area contributed by atoms with Crippen LogP contribution in [0.5, 0.6) is 11.5 Å². The van der Waals surface area contributed by atoms with Gasteiger partial charge >= 0.3 is 0 Å². The van der Waals surface area contributed by atoms with E-state index in [0.29, 0.717) is 48.2 Å². The van der Waals surface area contributed by atoms with Crippen LogP contribution in [0.25, 0.3) is 22.0 Å². The molecule has 4 aromatic rings. The number of nitrogens with one attached hydrogen (secondary N) is 1. The zero-order valence-electron chi connectivity index (χ0n) is 21.8. The van der Waals surface area contributed by atoms with Crippen molar-refractivity contribution in [1.29, 1.82) is 0 Å². The number of amides is 1. The molecule has 0 saturated carbocycles. The molecule has 0 spiro atoms. The molecule has 1 fully saturated rings. The Bertz CT molecular complexity index is 1530. The summed E-state index contributed by atoms with van der Waals surface area (Å²) in [6.07, 6.45) is 10.9. The summed E-state index contributed by atoms with van der Waals surface area (Å²) in [5.41, 5.74) is 3.97. The van der Waals surface area contributed by atoms with Crippen molar-refractivity contribution in [2.24, 2.45) is 7.05 Å². The molecule has 10 heteroatoms. The Hall–Kier alpha value is -4.62. The van der Waals surface area contributed by atoms with Crippen LogP contribution in [0.2, 0.25) is 0 Å². The average Bonchev–Trinajstić information content (AvgIpc) is 3.31. The van der Waals surface area contributed by atoms with Crippen molar-refractivity contribution in [3.8, 4) is 35.0 Å². The van der Waals surface area contributed by atoms with E-state index in [4.69, 9.17) is 15.9 Å². The van der Waals surface area contributed by atoms with Crippen LogP contribution >= 0.6 is 0 Å². The lowest BCUT2D eigenvalue weighted by molar-refractivity contribution is -0.140. The second kappa shape index (κ2) is 10.4. The van der Waals surface area contributed by atoms with Crippen molar-refractivity contribution in [1.82, 2.24) is 29.5 Å². The Labute approximate surface area is 221 Å². The third-order valence-electron chi connectivity index (χ3n) is 6.19. The highest BCUT2D eigenvalue weighted by atomic mass is 16.5. The number of carbonyl (C=O) groups excluding carboxylic acids is 1. The number of carbonyl (C=O) groups is 1. The summed E-state index contributed by atoms with van der Waals surface area (Å²) in [6, 6.07) is 9.49. The number of aromatic nitrogens is 4. The Morgan fingerprint density at radius 3 is 2.68 bits per heavy atom. The lowest BCUT2D eigenvalue weighted by Gasteiger charge is -2.39. The Kier molecular flexibility index (Phi) is 6.85. The lowest BCUT2D eigenvalue weighted by atomic mass is 10.1. The van der Waals surface area contributed by atoms with Gasteiger partial charge in [0, 0.05) is 47.7 Å². The normalized spacial score (nSPS) is 13.3. The first-order valence-corrected chi connectivity index (χ1v) is 12.1. The maximum atomic E-state index is 12.3. The van der Waals surface area contributed by atoms with E-state index in [0.717, 1.165) is 22.2 Å². The fourth-order valence-corrected chi connectivity index (χ4v) is 4.30. The van der Waals surface area contributed by atoms with Gasteiger partial charge in [0.25, 0.3) is 0 Å². The zero-order valence-corrected chi connectivity index (χ0v) is 21.8. The second-order valence-corrected chi connectivity index (χ2v) is 9.50. The number of likely N-dealkylation sites (N-methyl/N-ethyl adjacent to an activating group) is 1. The van der Waals surface area contributed by atoms with E-state index in [1.165, 1.54) is 0 Å². The monoisotopic (exact) mass is 511 g/mol. The third kappa shape index (κ3) is 5.38. The first-order valence-electron chi connectivity index (χ1n) is 12.1. The molecule has 10 nitrogen and oxygen atoms in total.